The predicted octanol–water partition coefficient (Wildman–Crippen LogP) is 4.78. The first-order valence-corrected chi connectivity index (χ1v) is 6.70. The molecule has 0 aromatic carbocycles. The van der Waals surface area contributed by atoms with Gasteiger partial charge in [-0.1, -0.05) is 37.6 Å². The zero-order chi connectivity index (χ0) is 13.8. The Kier molecular flexibility index (Phi) is 10.0. The van der Waals surface area contributed by atoms with Gasteiger partial charge in [-0.3, -0.25) is 4.79 Å². The molecule has 0 aliphatic carbocycles. The van der Waals surface area contributed by atoms with Crippen molar-refractivity contribution in [2.45, 2.75) is 53.4 Å². The maximum Gasteiger partial charge on any atom is 0.310 e. The maximum atomic E-state index is 11.5. The molecular weight excluding hydrogens is 224 g/mol. The highest BCUT2D eigenvalue weighted by Crippen LogP contribution is 2.12. The Labute approximate surface area is 111 Å². The summed E-state index contributed by atoms with van der Waals surface area (Å²) in [5.41, 5.74) is 1.33. The van der Waals surface area contributed by atoms with Crippen LogP contribution < -0.4 is 0 Å². The number of ether oxygens (including phenoxy) is 1. The molecule has 0 amide bonds. The Morgan fingerprint density at radius 3 is 2.61 bits per heavy atom. The van der Waals surface area contributed by atoms with Crippen LogP contribution in [-0.2, 0) is 9.53 Å². The largest absolute Gasteiger partial charge is 0.434 e. The molecule has 0 saturated heterocycles. The van der Waals surface area contributed by atoms with Gasteiger partial charge in [0, 0.05) is 6.42 Å². The number of rotatable bonds is 8. The van der Waals surface area contributed by atoms with Crippen LogP contribution in [0, 0.1) is 5.92 Å². The Hall–Kier alpha value is -1.31. The number of hydrogen-bond donors (Lipinski definition) is 0. The van der Waals surface area contributed by atoms with Crippen LogP contribution in [0.4, 0.5) is 0 Å². The molecule has 0 radical (unpaired) electrons. The van der Waals surface area contributed by atoms with Crippen molar-refractivity contribution < 1.29 is 9.53 Å². The molecule has 0 heterocycles. The third-order valence-corrected chi connectivity index (χ3v) is 2.49. The van der Waals surface area contributed by atoms with Crippen LogP contribution in [0.2, 0.25) is 0 Å². The van der Waals surface area contributed by atoms with Gasteiger partial charge in [0.25, 0.3) is 0 Å². The van der Waals surface area contributed by atoms with Gasteiger partial charge in [0.2, 0.25) is 0 Å². The minimum Gasteiger partial charge on any atom is -0.434 e. The van der Waals surface area contributed by atoms with Crippen LogP contribution in [-0.4, -0.2) is 5.97 Å². The molecule has 18 heavy (non-hydrogen) atoms. The highest BCUT2D eigenvalue weighted by Gasteiger charge is 2.08. The Bertz CT molecular complexity index is 307. The number of carbonyl (C=O) groups excluding carboxylic acids is 1. The van der Waals surface area contributed by atoms with E-state index in [-0.39, 0.29) is 5.97 Å². The SMILES string of the molecule is CCC=CC=COC(=O)CC(C)CCC=C(C)C. The highest BCUT2D eigenvalue weighted by molar-refractivity contribution is 5.70. The normalized spacial score (nSPS) is 12.9. The van der Waals surface area contributed by atoms with Crippen LogP contribution in [0.5, 0.6) is 0 Å². The van der Waals surface area contributed by atoms with E-state index in [1.54, 1.807) is 6.08 Å². The van der Waals surface area contributed by atoms with Gasteiger partial charge in [-0.15, -0.1) is 0 Å². The highest BCUT2D eigenvalue weighted by atomic mass is 16.5. The molecule has 2 nitrogen and oxygen atoms in total. The van der Waals surface area contributed by atoms with E-state index in [1.807, 2.05) is 12.2 Å². The maximum absolute atomic E-state index is 11.5. The van der Waals surface area contributed by atoms with E-state index in [0.717, 1.165) is 19.3 Å². The van der Waals surface area contributed by atoms with Gasteiger partial charge in [-0.2, -0.15) is 0 Å². The summed E-state index contributed by atoms with van der Waals surface area (Å²) < 4.78 is 5.00. The number of hydrogen-bond acceptors (Lipinski definition) is 2. The van der Waals surface area contributed by atoms with Gasteiger partial charge >= 0.3 is 5.97 Å². The zero-order valence-corrected chi connectivity index (χ0v) is 12.1. The molecule has 0 bridgehead atoms. The van der Waals surface area contributed by atoms with Crippen molar-refractivity contribution in [2.24, 2.45) is 5.92 Å². The minimum atomic E-state index is -0.152. The molecule has 0 rings (SSSR count). The lowest BCUT2D eigenvalue weighted by atomic mass is 10.0. The van der Waals surface area contributed by atoms with Gasteiger partial charge in [-0.25, -0.2) is 0 Å². The lowest BCUT2D eigenvalue weighted by molar-refractivity contribution is -0.139. The molecule has 0 fully saturated rings. The van der Waals surface area contributed by atoms with Crippen molar-refractivity contribution in [3.63, 3.8) is 0 Å². The zero-order valence-electron chi connectivity index (χ0n) is 12.1. The fraction of sp³-hybridized carbons (Fsp3) is 0.562. The third-order valence-electron chi connectivity index (χ3n) is 2.49. The van der Waals surface area contributed by atoms with Gasteiger partial charge in [0.15, 0.2) is 0 Å². The van der Waals surface area contributed by atoms with Crippen molar-refractivity contribution in [1.29, 1.82) is 0 Å². The molecule has 102 valence electrons. The van der Waals surface area contributed by atoms with Crippen molar-refractivity contribution in [2.75, 3.05) is 0 Å². The van der Waals surface area contributed by atoms with Gasteiger partial charge < -0.3 is 4.74 Å². The van der Waals surface area contributed by atoms with Crippen LogP contribution in [0.1, 0.15) is 53.4 Å². The predicted molar refractivity (Wildman–Crippen MR) is 77.1 cm³/mol. The molecule has 0 aromatic heterocycles. The molecule has 0 aromatic rings. The van der Waals surface area contributed by atoms with Crippen molar-refractivity contribution >= 4 is 5.97 Å². The average Bonchev–Trinajstić information content (AvgIpc) is 2.28. The standard InChI is InChI=1S/C16H26O2/c1-5-6-7-8-12-18-16(17)13-15(4)11-9-10-14(2)3/h6-8,10,12,15H,5,9,11,13H2,1-4H3. The van der Waals surface area contributed by atoms with Crippen LogP contribution in [0.3, 0.4) is 0 Å². The topological polar surface area (TPSA) is 26.3 Å². The average molecular weight is 250 g/mol. The van der Waals surface area contributed by atoms with Crippen LogP contribution in [0.25, 0.3) is 0 Å². The molecule has 2 heteroatoms. The van der Waals surface area contributed by atoms with E-state index >= 15 is 0 Å². The summed E-state index contributed by atoms with van der Waals surface area (Å²) in [4.78, 5) is 11.5. The first-order valence-electron chi connectivity index (χ1n) is 6.70. The molecule has 1 unspecified atom stereocenters. The van der Waals surface area contributed by atoms with Crippen molar-refractivity contribution in [3.8, 4) is 0 Å². The number of allylic oxidation sites excluding steroid dienone is 5. The van der Waals surface area contributed by atoms with E-state index in [2.05, 4.69) is 33.8 Å². The van der Waals surface area contributed by atoms with E-state index in [9.17, 15) is 4.79 Å². The van der Waals surface area contributed by atoms with Crippen LogP contribution in [0.15, 0.2) is 36.1 Å². The fourth-order valence-corrected chi connectivity index (χ4v) is 1.47. The van der Waals surface area contributed by atoms with E-state index in [4.69, 9.17) is 4.74 Å². The summed E-state index contributed by atoms with van der Waals surface area (Å²) in [6.07, 6.45) is 12.8. The molecule has 0 saturated carbocycles. The lowest BCUT2D eigenvalue weighted by Gasteiger charge is -2.07. The molecule has 0 aliphatic heterocycles. The monoisotopic (exact) mass is 250 g/mol. The second-order valence-electron chi connectivity index (χ2n) is 4.82. The third kappa shape index (κ3) is 11.2. The van der Waals surface area contributed by atoms with Crippen molar-refractivity contribution in [1.82, 2.24) is 0 Å². The smallest absolute Gasteiger partial charge is 0.310 e. The molecule has 0 spiro atoms. The Morgan fingerprint density at radius 2 is 2.00 bits per heavy atom. The first kappa shape index (κ1) is 16.7. The summed E-state index contributed by atoms with van der Waals surface area (Å²) in [7, 11) is 0. The summed E-state index contributed by atoms with van der Waals surface area (Å²) in [5.74, 6) is 0.216. The number of carbonyl (C=O) groups is 1. The minimum absolute atomic E-state index is 0.152. The van der Waals surface area contributed by atoms with E-state index in [0.29, 0.717) is 12.3 Å². The quantitative estimate of drug-likeness (QED) is 0.268. The lowest BCUT2D eigenvalue weighted by Crippen LogP contribution is -2.06. The molecule has 1 atom stereocenters. The summed E-state index contributed by atoms with van der Waals surface area (Å²) in [5, 5.41) is 0. The van der Waals surface area contributed by atoms with E-state index in [1.165, 1.54) is 11.8 Å². The second kappa shape index (κ2) is 10.8. The summed E-state index contributed by atoms with van der Waals surface area (Å²) in [6.45, 7) is 8.33. The van der Waals surface area contributed by atoms with Gasteiger partial charge in [0.05, 0.1) is 6.26 Å². The van der Waals surface area contributed by atoms with Gasteiger partial charge in [0.1, 0.15) is 0 Å². The number of esters is 1. The molecule has 0 aliphatic rings. The fourth-order valence-electron chi connectivity index (χ4n) is 1.47. The summed E-state index contributed by atoms with van der Waals surface area (Å²) in [6, 6.07) is 0. The molecular formula is C16H26O2. The van der Waals surface area contributed by atoms with Gasteiger partial charge in [-0.05, 0) is 45.1 Å². The Morgan fingerprint density at radius 1 is 1.28 bits per heavy atom. The molecule has 0 N–H and O–H groups in total. The Balaban J connectivity index is 3.77. The van der Waals surface area contributed by atoms with E-state index < -0.39 is 0 Å². The second-order valence-corrected chi connectivity index (χ2v) is 4.82. The summed E-state index contributed by atoms with van der Waals surface area (Å²) >= 11 is 0. The van der Waals surface area contributed by atoms with Crippen molar-refractivity contribution in [3.05, 3.63) is 36.1 Å². The van der Waals surface area contributed by atoms with Crippen LogP contribution >= 0.6 is 0 Å². The first-order chi connectivity index (χ1) is 8.56.